The Morgan fingerprint density at radius 3 is 3.07 bits per heavy atom. The van der Waals surface area contributed by atoms with Gasteiger partial charge in [0.1, 0.15) is 5.65 Å². The quantitative estimate of drug-likeness (QED) is 0.696. The van der Waals surface area contributed by atoms with E-state index in [1.54, 1.807) is 0 Å². The van der Waals surface area contributed by atoms with Crippen LogP contribution in [0.1, 0.15) is 12.5 Å². The Labute approximate surface area is 77.8 Å². The highest BCUT2D eigenvalue weighted by molar-refractivity contribution is 5.47. The minimum absolute atomic E-state index is 0.330. The summed E-state index contributed by atoms with van der Waals surface area (Å²) in [5.41, 5.74) is 0.138. The van der Waals surface area contributed by atoms with Crippen LogP contribution in [0.15, 0.2) is 11.0 Å². The van der Waals surface area contributed by atoms with E-state index in [1.807, 2.05) is 6.92 Å². The highest BCUT2D eigenvalue weighted by Gasteiger charge is 2.13. The lowest BCUT2D eigenvalue weighted by Gasteiger charge is -1.98. The molecule has 0 amide bonds. The van der Waals surface area contributed by atoms with Crippen molar-refractivity contribution in [2.75, 3.05) is 0 Å². The topological polar surface area (TPSA) is 70.4 Å². The number of rotatable bonds is 1. The highest BCUT2D eigenvalue weighted by atomic mass is 19.1. The number of fused-ring (bicyclic) bond motifs is 1. The van der Waals surface area contributed by atoms with Crippen molar-refractivity contribution < 1.29 is 9.50 Å². The standard InChI is InChI=1S/C8H8FN3O2/c1-2-4-3-10-12-6(4)11-7(13)5(9)8(12)14/h3,14H,2H2,1H3,(H,11,13). The summed E-state index contributed by atoms with van der Waals surface area (Å²) in [6.07, 6.45) is 2.12. The van der Waals surface area contributed by atoms with Crippen LogP contribution in [0, 0.1) is 5.82 Å². The van der Waals surface area contributed by atoms with Gasteiger partial charge in [0.25, 0.3) is 11.4 Å². The van der Waals surface area contributed by atoms with Gasteiger partial charge in [0.2, 0.25) is 5.82 Å². The molecule has 0 aliphatic carbocycles. The molecule has 0 atom stereocenters. The van der Waals surface area contributed by atoms with E-state index in [-0.39, 0.29) is 0 Å². The van der Waals surface area contributed by atoms with Crippen LogP contribution in [-0.4, -0.2) is 19.7 Å². The van der Waals surface area contributed by atoms with E-state index >= 15 is 0 Å². The molecule has 0 spiro atoms. The number of aromatic nitrogens is 3. The van der Waals surface area contributed by atoms with Gasteiger partial charge in [-0.25, -0.2) is 0 Å². The van der Waals surface area contributed by atoms with Crippen molar-refractivity contribution in [1.82, 2.24) is 14.6 Å². The summed E-state index contributed by atoms with van der Waals surface area (Å²) in [7, 11) is 0. The van der Waals surface area contributed by atoms with Gasteiger partial charge in [-0.15, -0.1) is 0 Å². The summed E-state index contributed by atoms with van der Waals surface area (Å²) in [5.74, 6) is -1.98. The predicted octanol–water partition coefficient (Wildman–Crippen LogP) is 0.430. The van der Waals surface area contributed by atoms with Crippen LogP contribution in [0.4, 0.5) is 4.39 Å². The van der Waals surface area contributed by atoms with Gasteiger partial charge in [0.05, 0.1) is 6.20 Å². The Morgan fingerprint density at radius 1 is 1.71 bits per heavy atom. The van der Waals surface area contributed by atoms with Crippen LogP contribution in [0.2, 0.25) is 0 Å². The number of aryl methyl sites for hydroxylation is 1. The zero-order chi connectivity index (χ0) is 10.3. The van der Waals surface area contributed by atoms with E-state index < -0.39 is 17.3 Å². The molecule has 14 heavy (non-hydrogen) atoms. The third-order valence-electron chi connectivity index (χ3n) is 2.05. The molecular weight excluding hydrogens is 189 g/mol. The smallest absolute Gasteiger partial charge is 0.291 e. The molecule has 0 aliphatic heterocycles. The fourth-order valence-corrected chi connectivity index (χ4v) is 1.29. The van der Waals surface area contributed by atoms with E-state index in [0.29, 0.717) is 12.1 Å². The predicted molar refractivity (Wildman–Crippen MR) is 46.8 cm³/mol. The average Bonchev–Trinajstić information content (AvgIpc) is 2.57. The van der Waals surface area contributed by atoms with E-state index in [2.05, 4.69) is 10.1 Å². The second kappa shape index (κ2) is 2.83. The summed E-state index contributed by atoms with van der Waals surface area (Å²) in [5, 5.41) is 13.0. The molecule has 2 aromatic heterocycles. The van der Waals surface area contributed by atoms with Crippen molar-refractivity contribution in [3.63, 3.8) is 0 Å². The zero-order valence-electron chi connectivity index (χ0n) is 7.41. The van der Waals surface area contributed by atoms with Gasteiger partial charge in [0, 0.05) is 5.56 Å². The fourth-order valence-electron chi connectivity index (χ4n) is 1.29. The van der Waals surface area contributed by atoms with Crippen molar-refractivity contribution >= 4 is 5.65 Å². The van der Waals surface area contributed by atoms with Gasteiger partial charge in [0.15, 0.2) is 0 Å². The monoisotopic (exact) mass is 197 g/mol. The molecule has 2 N–H and O–H groups in total. The Hall–Kier alpha value is -1.85. The molecule has 0 saturated heterocycles. The second-order valence-corrected chi connectivity index (χ2v) is 2.88. The van der Waals surface area contributed by atoms with Gasteiger partial charge in [-0.05, 0) is 6.42 Å². The van der Waals surface area contributed by atoms with Crippen molar-refractivity contribution in [1.29, 1.82) is 0 Å². The summed E-state index contributed by atoms with van der Waals surface area (Å²) in [4.78, 5) is 13.3. The lowest BCUT2D eigenvalue weighted by atomic mass is 10.3. The van der Waals surface area contributed by atoms with Crippen LogP contribution in [0.3, 0.4) is 0 Å². The zero-order valence-corrected chi connectivity index (χ0v) is 7.41. The first-order valence-electron chi connectivity index (χ1n) is 4.12. The number of hydrogen-bond donors (Lipinski definition) is 2. The van der Waals surface area contributed by atoms with Crippen LogP contribution < -0.4 is 5.56 Å². The molecule has 0 unspecified atom stereocenters. The molecule has 0 fully saturated rings. The first kappa shape index (κ1) is 8.74. The van der Waals surface area contributed by atoms with E-state index in [4.69, 9.17) is 0 Å². The normalized spacial score (nSPS) is 11.0. The van der Waals surface area contributed by atoms with E-state index in [0.717, 1.165) is 10.1 Å². The Kier molecular flexibility index (Phi) is 1.77. The molecule has 0 bridgehead atoms. The van der Waals surface area contributed by atoms with E-state index in [9.17, 15) is 14.3 Å². The molecule has 6 heteroatoms. The molecule has 0 aliphatic rings. The first-order chi connectivity index (χ1) is 6.65. The third-order valence-corrected chi connectivity index (χ3v) is 2.05. The number of hydrogen-bond acceptors (Lipinski definition) is 3. The van der Waals surface area contributed by atoms with Crippen LogP contribution in [0.25, 0.3) is 5.65 Å². The van der Waals surface area contributed by atoms with Crippen LogP contribution >= 0.6 is 0 Å². The van der Waals surface area contributed by atoms with Gasteiger partial charge in [-0.3, -0.25) is 4.79 Å². The van der Waals surface area contributed by atoms with Gasteiger partial charge in [-0.1, -0.05) is 6.92 Å². The minimum atomic E-state index is -1.22. The molecule has 2 rings (SSSR count). The molecule has 0 radical (unpaired) electrons. The number of aromatic hydroxyl groups is 1. The van der Waals surface area contributed by atoms with Crippen molar-refractivity contribution in [2.45, 2.75) is 13.3 Å². The molecule has 5 nitrogen and oxygen atoms in total. The maximum absolute atomic E-state index is 12.9. The first-order valence-corrected chi connectivity index (χ1v) is 4.12. The molecule has 2 aromatic rings. The SMILES string of the molecule is CCc1cnn2c(O)c(F)c(=O)[nH]c12. The summed E-state index contributed by atoms with van der Waals surface area (Å²) < 4.78 is 13.9. The Morgan fingerprint density at radius 2 is 2.43 bits per heavy atom. The molecular formula is C8H8FN3O2. The Balaban J connectivity index is 2.93. The van der Waals surface area contributed by atoms with Gasteiger partial charge >= 0.3 is 0 Å². The maximum Gasteiger partial charge on any atom is 0.291 e. The van der Waals surface area contributed by atoms with Crippen LogP contribution in [0.5, 0.6) is 5.88 Å². The maximum atomic E-state index is 12.9. The average molecular weight is 197 g/mol. The molecule has 74 valence electrons. The number of H-pyrrole nitrogens is 1. The lowest BCUT2D eigenvalue weighted by molar-refractivity contribution is 0.390. The van der Waals surface area contributed by atoms with Gasteiger partial charge in [-0.2, -0.15) is 14.0 Å². The Bertz CT molecular complexity index is 543. The summed E-state index contributed by atoms with van der Waals surface area (Å²) >= 11 is 0. The summed E-state index contributed by atoms with van der Waals surface area (Å²) in [6.45, 7) is 1.87. The van der Waals surface area contributed by atoms with Crippen molar-refractivity contribution in [3.05, 3.63) is 27.9 Å². The van der Waals surface area contributed by atoms with Crippen molar-refractivity contribution in [2.24, 2.45) is 0 Å². The minimum Gasteiger partial charge on any atom is -0.491 e. The van der Waals surface area contributed by atoms with Gasteiger partial charge < -0.3 is 10.1 Å². The van der Waals surface area contributed by atoms with Crippen molar-refractivity contribution in [3.8, 4) is 5.88 Å². The fraction of sp³-hybridized carbons (Fsp3) is 0.250. The van der Waals surface area contributed by atoms with Crippen LogP contribution in [-0.2, 0) is 6.42 Å². The number of nitrogens with zero attached hydrogens (tertiary/aromatic N) is 2. The number of nitrogens with one attached hydrogen (secondary N) is 1. The number of aromatic amines is 1. The molecule has 2 heterocycles. The number of halogens is 1. The third kappa shape index (κ3) is 1.00. The molecule has 0 aromatic carbocycles. The highest BCUT2D eigenvalue weighted by Crippen LogP contribution is 2.15. The molecule has 0 saturated carbocycles. The van der Waals surface area contributed by atoms with E-state index in [1.165, 1.54) is 6.20 Å². The summed E-state index contributed by atoms with van der Waals surface area (Å²) in [6, 6.07) is 0. The largest absolute Gasteiger partial charge is 0.491 e. The lowest BCUT2D eigenvalue weighted by Crippen LogP contribution is -2.14. The second-order valence-electron chi connectivity index (χ2n) is 2.88.